The fourth-order valence-electron chi connectivity index (χ4n) is 3.26. The predicted octanol–water partition coefficient (Wildman–Crippen LogP) is 1.74. The van der Waals surface area contributed by atoms with Crippen molar-refractivity contribution in [2.24, 2.45) is 0 Å². The lowest BCUT2D eigenvalue weighted by Gasteiger charge is -2.33. The Bertz CT molecular complexity index is 812. The second-order valence-electron chi connectivity index (χ2n) is 6.98. The fraction of sp³-hybridized carbons (Fsp3) is 0.450. The first-order valence-corrected chi connectivity index (χ1v) is 9.59. The van der Waals surface area contributed by atoms with E-state index in [2.05, 4.69) is 32.5 Å². The molecule has 8 nitrogen and oxygen atoms in total. The Kier molecular flexibility index (Phi) is 6.78. The number of piperazine rings is 1. The molecule has 1 saturated heterocycles. The Morgan fingerprint density at radius 2 is 1.64 bits per heavy atom. The number of carbonyl (C=O) groups is 2. The lowest BCUT2D eigenvalue weighted by atomic mass is 10.1. The van der Waals surface area contributed by atoms with Crippen molar-refractivity contribution < 1.29 is 14.1 Å². The van der Waals surface area contributed by atoms with Gasteiger partial charge in [-0.15, -0.1) is 0 Å². The summed E-state index contributed by atoms with van der Waals surface area (Å²) in [6, 6.07) is 9.56. The molecule has 150 valence electrons. The quantitative estimate of drug-likeness (QED) is 0.755. The van der Waals surface area contributed by atoms with Crippen molar-refractivity contribution in [3.63, 3.8) is 0 Å². The van der Waals surface area contributed by atoms with Gasteiger partial charge in [0.25, 0.3) is 0 Å². The van der Waals surface area contributed by atoms with Gasteiger partial charge in [0.2, 0.25) is 11.8 Å². The third kappa shape index (κ3) is 5.64. The molecule has 2 aromatic rings. The molecule has 0 radical (unpaired) electrons. The summed E-state index contributed by atoms with van der Waals surface area (Å²) in [5.74, 6) is 0.970. The van der Waals surface area contributed by atoms with Crippen LogP contribution in [0.2, 0.25) is 0 Å². The number of nitrogens with one attached hydrogen (secondary N) is 2. The van der Waals surface area contributed by atoms with Gasteiger partial charge in [0.15, 0.2) is 5.82 Å². The molecule has 0 unspecified atom stereocenters. The molecule has 0 spiro atoms. The zero-order chi connectivity index (χ0) is 19.9. The number of anilines is 2. The molecule has 0 atom stereocenters. The number of hydrogen-bond acceptors (Lipinski definition) is 6. The van der Waals surface area contributed by atoms with Gasteiger partial charge in [0.05, 0.1) is 13.1 Å². The molecule has 1 aromatic heterocycles. The van der Waals surface area contributed by atoms with Crippen molar-refractivity contribution >= 4 is 23.3 Å². The third-order valence-corrected chi connectivity index (χ3v) is 4.77. The molecule has 1 aromatic carbocycles. The average molecular weight is 385 g/mol. The molecule has 1 fully saturated rings. The summed E-state index contributed by atoms with van der Waals surface area (Å²) < 4.78 is 4.94. The van der Waals surface area contributed by atoms with E-state index < -0.39 is 0 Å². The molecular formula is C20H27N5O3. The highest BCUT2D eigenvalue weighted by atomic mass is 16.5. The van der Waals surface area contributed by atoms with Crippen LogP contribution in [0.1, 0.15) is 18.2 Å². The van der Waals surface area contributed by atoms with Crippen molar-refractivity contribution in [2.75, 3.05) is 49.9 Å². The summed E-state index contributed by atoms with van der Waals surface area (Å²) in [5.41, 5.74) is 2.02. The van der Waals surface area contributed by atoms with E-state index in [1.807, 2.05) is 24.3 Å². The molecule has 28 heavy (non-hydrogen) atoms. The summed E-state index contributed by atoms with van der Waals surface area (Å²) in [6.45, 7) is 7.49. The van der Waals surface area contributed by atoms with Gasteiger partial charge in [0, 0.05) is 37.9 Å². The summed E-state index contributed by atoms with van der Waals surface area (Å²) in [7, 11) is 0. The van der Waals surface area contributed by atoms with Gasteiger partial charge in [-0.1, -0.05) is 30.3 Å². The van der Waals surface area contributed by atoms with E-state index in [1.165, 1.54) is 0 Å². The largest absolute Gasteiger partial charge is 0.360 e. The molecule has 0 aliphatic carbocycles. The zero-order valence-electron chi connectivity index (χ0n) is 16.4. The molecule has 1 aliphatic rings. The van der Waals surface area contributed by atoms with Crippen molar-refractivity contribution in [1.29, 1.82) is 0 Å². The van der Waals surface area contributed by atoms with Crippen LogP contribution >= 0.6 is 0 Å². The fourth-order valence-corrected chi connectivity index (χ4v) is 3.26. The number of aromatic nitrogens is 1. The zero-order valence-corrected chi connectivity index (χ0v) is 16.4. The highest BCUT2D eigenvalue weighted by molar-refractivity contribution is 5.93. The van der Waals surface area contributed by atoms with Gasteiger partial charge in [-0.05, 0) is 25.0 Å². The van der Waals surface area contributed by atoms with Crippen LogP contribution in [-0.4, -0.2) is 66.0 Å². The Morgan fingerprint density at radius 3 is 2.21 bits per heavy atom. The Balaban J connectivity index is 1.40. The van der Waals surface area contributed by atoms with E-state index in [0.29, 0.717) is 24.7 Å². The number of nitrogens with zero attached hydrogens (tertiary/aromatic N) is 3. The molecule has 0 bridgehead atoms. The second kappa shape index (κ2) is 9.48. The molecule has 8 heteroatoms. The Morgan fingerprint density at radius 1 is 1.04 bits per heavy atom. The average Bonchev–Trinajstić information content (AvgIpc) is 3.08. The number of para-hydroxylation sites is 1. The van der Waals surface area contributed by atoms with Crippen LogP contribution in [0.4, 0.5) is 11.5 Å². The Labute approximate surface area is 164 Å². The normalized spacial score (nSPS) is 15.4. The van der Waals surface area contributed by atoms with Crippen LogP contribution < -0.4 is 10.6 Å². The van der Waals surface area contributed by atoms with Crippen molar-refractivity contribution in [3.8, 4) is 0 Å². The van der Waals surface area contributed by atoms with Crippen LogP contribution in [0, 0.1) is 6.92 Å². The van der Waals surface area contributed by atoms with Crippen molar-refractivity contribution in [1.82, 2.24) is 15.0 Å². The highest BCUT2D eigenvalue weighted by Crippen LogP contribution is 2.15. The van der Waals surface area contributed by atoms with Crippen LogP contribution in [0.5, 0.6) is 0 Å². The second-order valence-corrected chi connectivity index (χ2v) is 6.98. The van der Waals surface area contributed by atoms with E-state index in [9.17, 15) is 9.59 Å². The number of rotatable bonds is 7. The van der Waals surface area contributed by atoms with E-state index in [1.54, 1.807) is 13.0 Å². The van der Waals surface area contributed by atoms with Gasteiger partial charge in [0.1, 0.15) is 5.76 Å². The topological polar surface area (TPSA) is 90.7 Å². The van der Waals surface area contributed by atoms with Gasteiger partial charge in [-0.25, -0.2) is 0 Å². The van der Waals surface area contributed by atoms with E-state index in [-0.39, 0.29) is 11.8 Å². The molecular weight excluding hydrogens is 358 g/mol. The molecule has 0 saturated carbocycles. The van der Waals surface area contributed by atoms with Gasteiger partial charge >= 0.3 is 0 Å². The van der Waals surface area contributed by atoms with Gasteiger partial charge < -0.3 is 15.2 Å². The summed E-state index contributed by atoms with van der Waals surface area (Å²) >= 11 is 0. The number of carbonyl (C=O) groups excluding carboxylic acids is 2. The van der Waals surface area contributed by atoms with Crippen LogP contribution in [0.15, 0.2) is 34.9 Å². The minimum atomic E-state index is -0.115. The summed E-state index contributed by atoms with van der Waals surface area (Å²) in [5, 5.41) is 9.50. The monoisotopic (exact) mass is 385 g/mol. The number of hydrogen-bond donors (Lipinski definition) is 2. The van der Waals surface area contributed by atoms with Crippen LogP contribution in [0.25, 0.3) is 0 Å². The first-order chi connectivity index (χ1) is 13.5. The van der Waals surface area contributed by atoms with Gasteiger partial charge in [-0.2, -0.15) is 0 Å². The maximum atomic E-state index is 12.4. The first kappa shape index (κ1) is 20.0. The highest BCUT2D eigenvalue weighted by Gasteiger charge is 2.21. The maximum Gasteiger partial charge on any atom is 0.239 e. The molecule has 2 amide bonds. The smallest absolute Gasteiger partial charge is 0.239 e. The van der Waals surface area contributed by atoms with E-state index in [4.69, 9.17) is 4.52 Å². The third-order valence-electron chi connectivity index (χ3n) is 4.77. The van der Waals surface area contributed by atoms with Gasteiger partial charge in [-0.3, -0.25) is 19.4 Å². The minimum absolute atomic E-state index is 0.00602. The first-order valence-electron chi connectivity index (χ1n) is 9.59. The van der Waals surface area contributed by atoms with Crippen molar-refractivity contribution in [3.05, 3.63) is 41.7 Å². The summed E-state index contributed by atoms with van der Waals surface area (Å²) in [6.07, 6.45) is 0.880. The van der Waals surface area contributed by atoms with Crippen molar-refractivity contribution in [2.45, 2.75) is 20.3 Å². The van der Waals surface area contributed by atoms with E-state index >= 15 is 0 Å². The molecule has 3 rings (SSSR count). The SMILES string of the molecule is CCc1ccccc1NC(=O)CN1CCN(CC(=O)Nc2cc(C)on2)CC1. The molecule has 1 aliphatic heterocycles. The molecule has 2 N–H and O–H groups in total. The minimum Gasteiger partial charge on any atom is -0.360 e. The number of amides is 2. The Hall–Kier alpha value is -2.71. The number of benzene rings is 1. The maximum absolute atomic E-state index is 12.4. The van der Waals surface area contributed by atoms with Crippen LogP contribution in [-0.2, 0) is 16.0 Å². The number of aryl methyl sites for hydroxylation is 2. The lowest BCUT2D eigenvalue weighted by molar-refractivity contribution is -0.120. The predicted molar refractivity (Wildman–Crippen MR) is 107 cm³/mol. The lowest BCUT2D eigenvalue weighted by Crippen LogP contribution is -2.50. The molecule has 2 heterocycles. The van der Waals surface area contributed by atoms with Crippen LogP contribution in [0.3, 0.4) is 0 Å². The van der Waals surface area contributed by atoms with E-state index in [0.717, 1.165) is 43.9 Å². The standard InChI is InChI=1S/C20H27N5O3/c1-3-16-6-4-5-7-17(16)21-19(26)13-24-8-10-25(11-9-24)14-20(27)22-18-12-15(2)28-23-18/h4-7,12H,3,8-11,13-14H2,1-2H3,(H,21,26)(H,22,23,27). The summed E-state index contributed by atoms with van der Waals surface area (Å²) in [4.78, 5) is 28.7.